The van der Waals surface area contributed by atoms with E-state index in [1.54, 1.807) is 6.20 Å². The molecule has 0 amide bonds. The summed E-state index contributed by atoms with van der Waals surface area (Å²) in [5.41, 5.74) is 2.85. The lowest BCUT2D eigenvalue weighted by atomic mass is 10.0. The van der Waals surface area contributed by atoms with Crippen molar-refractivity contribution in [2.24, 2.45) is 0 Å². The molecule has 0 unspecified atom stereocenters. The fourth-order valence-corrected chi connectivity index (χ4v) is 3.35. The number of aryl methyl sites for hydroxylation is 1. The number of aromatic nitrogens is 4. The first-order chi connectivity index (χ1) is 11.2. The topological polar surface area (TPSA) is 66.8 Å². The van der Waals surface area contributed by atoms with Crippen molar-refractivity contribution in [1.82, 2.24) is 19.5 Å². The number of piperidine rings is 1. The highest BCUT2D eigenvalue weighted by Crippen LogP contribution is 2.26. The summed E-state index contributed by atoms with van der Waals surface area (Å²) in [5, 5.41) is 0. The van der Waals surface area contributed by atoms with Gasteiger partial charge in [0.25, 0.3) is 0 Å². The number of imidazole rings is 1. The van der Waals surface area contributed by atoms with Gasteiger partial charge in [0.05, 0.1) is 11.0 Å². The summed E-state index contributed by atoms with van der Waals surface area (Å²) in [6.45, 7) is 3.70. The van der Waals surface area contributed by atoms with Crippen molar-refractivity contribution in [3.63, 3.8) is 0 Å². The Labute approximate surface area is 133 Å². The van der Waals surface area contributed by atoms with Crippen LogP contribution in [-0.2, 0) is 0 Å². The summed E-state index contributed by atoms with van der Waals surface area (Å²) >= 11 is 0. The zero-order chi connectivity index (χ0) is 15.8. The Morgan fingerprint density at radius 1 is 1.17 bits per heavy atom. The lowest BCUT2D eigenvalue weighted by Crippen LogP contribution is -2.37. The fraction of sp³-hybridized carbons (Fsp3) is 0.353. The molecule has 0 radical (unpaired) electrons. The minimum atomic E-state index is -0.0172. The van der Waals surface area contributed by atoms with E-state index in [0.29, 0.717) is 0 Å². The van der Waals surface area contributed by atoms with Crippen molar-refractivity contribution < 1.29 is 0 Å². The smallest absolute Gasteiger partial charge is 0.326 e. The summed E-state index contributed by atoms with van der Waals surface area (Å²) in [4.78, 5) is 26.3. The molecule has 1 saturated heterocycles. The molecule has 23 heavy (non-hydrogen) atoms. The first-order valence-corrected chi connectivity index (χ1v) is 7.96. The van der Waals surface area contributed by atoms with Crippen LogP contribution in [-0.4, -0.2) is 32.6 Å². The van der Waals surface area contributed by atoms with Crippen LogP contribution in [0, 0.1) is 6.92 Å². The lowest BCUT2D eigenvalue weighted by molar-refractivity contribution is 0.394. The number of rotatable bonds is 2. The predicted molar refractivity (Wildman–Crippen MR) is 89.8 cm³/mol. The maximum absolute atomic E-state index is 12.3. The molecule has 6 heteroatoms. The summed E-state index contributed by atoms with van der Waals surface area (Å²) in [6.07, 6.45) is 3.63. The van der Waals surface area contributed by atoms with Crippen LogP contribution in [0.1, 0.15) is 24.6 Å². The molecule has 1 aliphatic heterocycles. The van der Waals surface area contributed by atoms with Crippen molar-refractivity contribution in [1.29, 1.82) is 0 Å². The second kappa shape index (κ2) is 5.53. The molecule has 0 aliphatic carbocycles. The average molecular weight is 309 g/mol. The molecule has 3 heterocycles. The summed E-state index contributed by atoms with van der Waals surface area (Å²) in [6, 6.07) is 10.00. The lowest BCUT2D eigenvalue weighted by Gasteiger charge is -2.32. The molecule has 0 atom stereocenters. The highest BCUT2D eigenvalue weighted by Gasteiger charge is 2.24. The molecule has 6 nitrogen and oxygen atoms in total. The third kappa shape index (κ3) is 2.50. The van der Waals surface area contributed by atoms with Crippen molar-refractivity contribution in [3.05, 3.63) is 52.7 Å². The number of hydrogen-bond acceptors (Lipinski definition) is 4. The van der Waals surface area contributed by atoms with E-state index in [1.807, 2.05) is 41.8 Å². The van der Waals surface area contributed by atoms with Gasteiger partial charge in [-0.3, -0.25) is 4.57 Å². The molecule has 2 aromatic heterocycles. The van der Waals surface area contributed by atoms with Crippen LogP contribution in [0.2, 0.25) is 0 Å². The molecule has 0 spiro atoms. The predicted octanol–water partition coefficient (Wildman–Crippen LogP) is 2.27. The van der Waals surface area contributed by atoms with Crippen LogP contribution >= 0.6 is 0 Å². The monoisotopic (exact) mass is 309 g/mol. The highest BCUT2D eigenvalue weighted by atomic mass is 16.1. The number of fused-ring (bicyclic) bond motifs is 1. The minimum absolute atomic E-state index is 0.0172. The van der Waals surface area contributed by atoms with Gasteiger partial charge in [-0.15, -0.1) is 0 Å². The first-order valence-electron chi connectivity index (χ1n) is 7.96. The van der Waals surface area contributed by atoms with Gasteiger partial charge in [-0.25, -0.2) is 14.8 Å². The maximum atomic E-state index is 12.3. The molecule has 0 saturated carbocycles. The molecule has 1 fully saturated rings. The van der Waals surface area contributed by atoms with Gasteiger partial charge in [0.15, 0.2) is 0 Å². The Hall–Kier alpha value is -2.63. The van der Waals surface area contributed by atoms with E-state index in [0.717, 1.165) is 48.6 Å². The molecule has 118 valence electrons. The molecule has 3 aromatic rings. The Kier molecular flexibility index (Phi) is 3.37. The van der Waals surface area contributed by atoms with Crippen LogP contribution in [0.15, 0.2) is 41.3 Å². The summed E-state index contributed by atoms with van der Waals surface area (Å²) in [5.74, 6) is 0.787. The summed E-state index contributed by atoms with van der Waals surface area (Å²) in [7, 11) is 0. The Morgan fingerprint density at radius 3 is 2.74 bits per heavy atom. The van der Waals surface area contributed by atoms with Crippen molar-refractivity contribution in [3.8, 4) is 0 Å². The Balaban J connectivity index is 1.57. The summed E-state index contributed by atoms with van der Waals surface area (Å²) < 4.78 is 1.91. The van der Waals surface area contributed by atoms with Crippen LogP contribution in [0.25, 0.3) is 11.0 Å². The molecule has 1 aliphatic rings. The van der Waals surface area contributed by atoms with Crippen molar-refractivity contribution in [2.45, 2.75) is 25.8 Å². The van der Waals surface area contributed by atoms with E-state index < -0.39 is 0 Å². The number of nitrogens with one attached hydrogen (secondary N) is 1. The molecule has 4 rings (SSSR count). The zero-order valence-corrected chi connectivity index (χ0v) is 13.1. The molecule has 0 bridgehead atoms. The number of para-hydroxylation sites is 2. The second-order valence-corrected chi connectivity index (χ2v) is 6.03. The van der Waals surface area contributed by atoms with E-state index in [-0.39, 0.29) is 11.7 Å². The number of H-pyrrole nitrogens is 1. The Bertz CT molecular complexity index is 889. The normalized spacial score (nSPS) is 16.1. The number of anilines is 1. The SMILES string of the molecule is Cc1ccnc(N2CCC(n3c(=O)[nH]c4ccccc43)CC2)n1. The molecule has 1 N–H and O–H groups in total. The third-order valence-electron chi connectivity index (χ3n) is 4.52. The van der Waals surface area contributed by atoms with Gasteiger partial charge in [0, 0.05) is 31.0 Å². The van der Waals surface area contributed by atoms with E-state index in [1.165, 1.54) is 0 Å². The standard InChI is InChI=1S/C17H19N5O/c1-12-6-9-18-16(19-12)21-10-7-13(8-11-21)22-15-5-3-2-4-14(15)20-17(22)23/h2-6,9,13H,7-8,10-11H2,1H3,(H,20,23). The van der Waals surface area contributed by atoms with Crippen LogP contribution in [0.4, 0.5) is 5.95 Å². The molecular formula is C17H19N5O. The zero-order valence-electron chi connectivity index (χ0n) is 13.1. The van der Waals surface area contributed by atoms with E-state index >= 15 is 0 Å². The minimum Gasteiger partial charge on any atom is -0.341 e. The number of benzene rings is 1. The van der Waals surface area contributed by atoms with E-state index in [4.69, 9.17) is 0 Å². The van der Waals surface area contributed by atoms with Gasteiger partial charge in [-0.1, -0.05) is 12.1 Å². The number of aromatic amines is 1. The van der Waals surface area contributed by atoms with Crippen molar-refractivity contribution in [2.75, 3.05) is 18.0 Å². The fourth-order valence-electron chi connectivity index (χ4n) is 3.35. The molecular weight excluding hydrogens is 290 g/mol. The Morgan fingerprint density at radius 2 is 1.96 bits per heavy atom. The quantitative estimate of drug-likeness (QED) is 0.788. The van der Waals surface area contributed by atoms with Gasteiger partial charge in [0.1, 0.15) is 0 Å². The first kappa shape index (κ1) is 14.0. The van der Waals surface area contributed by atoms with Gasteiger partial charge < -0.3 is 9.88 Å². The maximum Gasteiger partial charge on any atom is 0.326 e. The van der Waals surface area contributed by atoms with Crippen LogP contribution in [0.3, 0.4) is 0 Å². The second-order valence-electron chi connectivity index (χ2n) is 6.03. The van der Waals surface area contributed by atoms with Gasteiger partial charge in [0.2, 0.25) is 5.95 Å². The van der Waals surface area contributed by atoms with Gasteiger partial charge >= 0.3 is 5.69 Å². The number of hydrogen-bond donors (Lipinski definition) is 1. The number of nitrogens with zero attached hydrogens (tertiary/aromatic N) is 4. The van der Waals surface area contributed by atoms with Crippen LogP contribution in [0.5, 0.6) is 0 Å². The highest BCUT2D eigenvalue weighted by molar-refractivity contribution is 5.75. The largest absolute Gasteiger partial charge is 0.341 e. The van der Waals surface area contributed by atoms with Gasteiger partial charge in [-0.2, -0.15) is 0 Å². The van der Waals surface area contributed by atoms with Crippen LogP contribution < -0.4 is 10.6 Å². The molecule has 1 aromatic carbocycles. The van der Waals surface area contributed by atoms with Gasteiger partial charge in [-0.05, 0) is 38.0 Å². The van der Waals surface area contributed by atoms with E-state index in [9.17, 15) is 4.79 Å². The van der Waals surface area contributed by atoms with E-state index in [2.05, 4.69) is 19.9 Å². The van der Waals surface area contributed by atoms with Crippen molar-refractivity contribution >= 4 is 17.0 Å². The third-order valence-corrected chi connectivity index (χ3v) is 4.52. The average Bonchev–Trinajstić information content (AvgIpc) is 2.91.